The molecule has 11 heteroatoms. The number of hydrogen-bond acceptors (Lipinski definition) is 7. The minimum absolute atomic E-state index is 0.0368. The number of anilines is 1. The number of aromatic nitrogens is 5. The first-order valence-corrected chi connectivity index (χ1v) is 12.2. The van der Waals surface area contributed by atoms with Crippen molar-refractivity contribution < 1.29 is 18.3 Å². The molecule has 7 rings (SSSR count). The summed E-state index contributed by atoms with van der Waals surface area (Å²) in [5, 5.41) is 3.07. The van der Waals surface area contributed by atoms with E-state index in [0.717, 1.165) is 29.8 Å². The summed E-state index contributed by atoms with van der Waals surface area (Å²) in [6, 6.07) is 6.88. The number of aryl methyl sites for hydroxylation is 1. The Morgan fingerprint density at radius 1 is 1.11 bits per heavy atom. The molecular weight excluding hydrogens is 480 g/mol. The van der Waals surface area contributed by atoms with Crippen molar-refractivity contribution in [3.05, 3.63) is 66.0 Å². The maximum absolute atomic E-state index is 12.9. The molecule has 1 amide bonds. The molecule has 6 heterocycles. The lowest BCUT2D eigenvalue weighted by Gasteiger charge is -2.22. The normalized spacial score (nSPS) is 19.4. The van der Waals surface area contributed by atoms with Gasteiger partial charge in [0.05, 0.1) is 29.2 Å². The maximum Gasteiger partial charge on any atom is 0.387 e. The average molecular weight is 506 g/mol. The molecule has 0 saturated carbocycles. The number of benzene rings is 1. The van der Waals surface area contributed by atoms with Crippen LogP contribution in [-0.4, -0.2) is 56.0 Å². The summed E-state index contributed by atoms with van der Waals surface area (Å²) < 4.78 is 32.4. The number of nitrogens with one attached hydrogen (secondary N) is 1. The Morgan fingerprint density at radius 3 is 2.70 bits per heavy atom. The van der Waals surface area contributed by atoms with Gasteiger partial charge in [0.2, 0.25) is 11.9 Å². The number of rotatable bonds is 6. The summed E-state index contributed by atoms with van der Waals surface area (Å²) >= 11 is 0. The quantitative estimate of drug-likeness (QED) is 0.429. The predicted octanol–water partition coefficient (Wildman–Crippen LogP) is 3.40. The standard InChI is InChI=1S/C26H25F2N7O2/c1-15-21(8-16-4-2-3-5-22(16)37-25(27)28)35-14-20(29-11-23(35)32-15)18-9-30-26(31-10-18)34-12-17-6-7-19(13-34)33-24(17)36/h2-5,9-11,14,17,19,25H,6-8,12-13H2,1H3,(H,33,36). The van der Waals surface area contributed by atoms with Crippen LogP contribution in [0.1, 0.15) is 29.8 Å². The van der Waals surface area contributed by atoms with E-state index in [1.807, 2.05) is 17.5 Å². The van der Waals surface area contributed by atoms with E-state index in [4.69, 9.17) is 4.74 Å². The molecule has 3 aliphatic heterocycles. The summed E-state index contributed by atoms with van der Waals surface area (Å²) in [7, 11) is 0. The van der Waals surface area contributed by atoms with E-state index in [-0.39, 0.29) is 23.6 Å². The monoisotopic (exact) mass is 505 g/mol. The van der Waals surface area contributed by atoms with Gasteiger partial charge in [-0.3, -0.25) is 14.2 Å². The third-order valence-corrected chi connectivity index (χ3v) is 7.03. The van der Waals surface area contributed by atoms with E-state index in [1.165, 1.54) is 6.07 Å². The molecule has 0 aliphatic carbocycles. The van der Waals surface area contributed by atoms with Gasteiger partial charge in [0, 0.05) is 55.3 Å². The number of nitrogens with zero attached hydrogens (tertiary/aromatic N) is 6. The molecule has 190 valence electrons. The van der Waals surface area contributed by atoms with Gasteiger partial charge in [-0.05, 0) is 25.8 Å². The molecule has 4 aromatic rings. The van der Waals surface area contributed by atoms with Crippen molar-refractivity contribution in [3.63, 3.8) is 0 Å². The van der Waals surface area contributed by atoms with Crippen molar-refractivity contribution in [3.8, 4) is 17.0 Å². The van der Waals surface area contributed by atoms with Gasteiger partial charge in [0.1, 0.15) is 5.75 Å². The number of fused-ring (bicyclic) bond motifs is 5. The number of piperidine rings is 1. The zero-order valence-corrected chi connectivity index (χ0v) is 20.1. The highest BCUT2D eigenvalue weighted by molar-refractivity contribution is 5.81. The Morgan fingerprint density at radius 2 is 1.92 bits per heavy atom. The van der Waals surface area contributed by atoms with Crippen LogP contribution in [0, 0.1) is 12.8 Å². The second-order valence-corrected chi connectivity index (χ2v) is 9.46. The molecule has 1 N–H and O–H groups in total. The van der Waals surface area contributed by atoms with Crippen LogP contribution in [-0.2, 0) is 11.2 Å². The first kappa shape index (κ1) is 23.3. The van der Waals surface area contributed by atoms with Gasteiger partial charge in [-0.15, -0.1) is 0 Å². The smallest absolute Gasteiger partial charge is 0.387 e. The number of carbonyl (C=O) groups is 1. The number of ether oxygens (including phenoxy) is 1. The van der Waals surface area contributed by atoms with Crippen molar-refractivity contribution in [1.29, 1.82) is 0 Å². The molecule has 1 aromatic carbocycles. The van der Waals surface area contributed by atoms with Gasteiger partial charge in [-0.2, -0.15) is 8.78 Å². The first-order valence-electron chi connectivity index (χ1n) is 12.2. The number of amides is 1. The van der Waals surface area contributed by atoms with Crippen LogP contribution >= 0.6 is 0 Å². The van der Waals surface area contributed by atoms with Gasteiger partial charge in [0.25, 0.3) is 0 Å². The molecule has 3 aromatic heterocycles. The highest BCUT2D eigenvalue weighted by Crippen LogP contribution is 2.28. The number of hydrogen-bond donors (Lipinski definition) is 1. The van der Waals surface area contributed by atoms with Crippen LogP contribution in [0.25, 0.3) is 16.9 Å². The Kier molecular flexibility index (Phi) is 5.90. The van der Waals surface area contributed by atoms with Crippen molar-refractivity contribution in [2.45, 2.75) is 38.8 Å². The van der Waals surface area contributed by atoms with Gasteiger partial charge in [-0.1, -0.05) is 18.2 Å². The Labute approximate surface area is 211 Å². The highest BCUT2D eigenvalue weighted by atomic mass is 19.3. The Balaban J connectivity index is 1.28. The van der Waals surface area contributed by atoms with Gasteiger partial charge < -0.3 is 15.0 Å². The van der Waals surface area contributed by atoms with Crippen LogP contribution < -0.4 is 15.0 Å². The van der Waals surface area contributed by atoms with Crippen molar-refractivity contribution in [2.24, 2.45) is 5.92 Å². The summed E-state index contributed by atoms with van der Waals surface area (Å²) in [4.78, 5) is 32.5. The summed E-state index contributed by atoms with van der Waals surface area (Å²) in [5.41, 5.74) is 4.30. The fourth-order valence-electron chi connectivity index (χ4n) is 5.15. The second kappa shape index (κ2) is 9.38. The van der Waals surface area contributed by atoms with Crippen LogP contribution in [0.5, 0.6) is 5.75 Å². The zero-order chi connectivity index (χ0) is 25.5. The Bertz CT molecular complexity index is 1460. The number of imidazole rings is 1. The van der Waals surface area contributed by atoms with Gasteiger partial charge in [0.15, 0.2) is 5.65 Å². The number of para-hydroxylation sites is 1. The minimum Gasteiger partial charge on any atom is -0.435 e. The largest absolute Gasteiger partial charge is 0.435 e. The molecule has 37 heavy (non-hydrogen) atoms. The lowest BCUT2D eigenvalue weighted by atomic mass is 9.96. The van der Waals surface area contributed by atoms with Crippen LogP contribution in [0.2, 0.25) is 0 Å². The molecular formula is C26H25F2N7O2. The minimum atomic E-state index is -2.90. The Hall–Kier alpha value is -4.15. The summed E-state index contributed by atoms with van der Waals surface area (Å²) in [6.07, 6.45) is 9.21. The molecule has 9 nitrogen and oxygen atoms in total. The van der Waals surface area contributed by atoms with E-state index in [1.54, 1.807) is 36.8 Å². The molecule has 2 unspecified atom stereocenters. The predicted molar refractivity (Wildman–Crippen MR) is 131 cm³/mol. The number of halogens is 2. The molecule has 3 aliphatic rings. The van der Waals surface area contributed by atoms with E-state index < -0.39 is 6.61 Å². The fourth-order valence-corrected chi connectivity index (χ4v) is 5.15. The van der Waals surface area contributed by atoms with Crippen molar-refractivity contribution >= 4 is 17.5 Å². The molecule has 0 radical (unpaired) electrons. The van der Waals surface area contributed by atoms with Crippen molar-refractivity contribution in [1.82, 2.24) is 29.7 Å². The SMILES string of the molecule is Cc1nc2cnc(-c3cnc(N4CC5CCC(C4)C(=O)N5)nc3)cn2c1Cc1ccccc1OC(F)F. The molecule has 0 spiro atoms. The molecule has 2 atom stereocenters. The van der Waals surface area contributed by atoms with Crippen molar-refractivity contribution in [2.75, 3.05) is 18.0 Å². The molecule has 2 bridgehead atoms. The number of alkyl halides is 2. The third-order valence-electron chi connectivity index (χ3n) is 7.03. The van der Waals surface area contributed by atoms with E-state index in [2.05, 4.69) is 30.2 Å². The average Bonchev–Trinajstić information content (AvgIpc) is 3.02. The van der Waals surface area contributed by atoms with E-state index >= 15 is 0 Å². The van der Waals surface area contributed by atoms with Crippen LogP contribution in [0.3, 0.4) is 0 Å². The third kappa shape index (κ3) is 4.56. The van der Waals surface area contributed by atoms with E-state index in [9.17, 15) is 13.6 Å². The van der Waals surface area contributed by atoms with Crippen LogP contribution in [0.4, 0.5) is 14.7 Å². The maximum atomic E-state index is 12.9. The lowest BCUT2D eigenvalue weighted by Crippen LogP contribution is -2.43. The van der Waals surface area contributed by atoms with E-state index in [0.29, 0.717) is 42.4 Å². The van der Waals surface area contributed by atoms with Gasteiger partial charge in [-0.25, -0.2) is 15.0 Å². The number of carbonyl (C=O) groups excluding carboxylic acids is 1. The lowest BCUT2D eigenvalue weighted by molar-refractivity contribution is -0.126. The molecule has 3 fully saturated rings. The topological polar surface area (TPSA) is 97.5 Å². The highest BCUT2D eigenvalue weighted by Gasteiger charge is 2.35. The fraction of sp³-hybridized carbons (Fsp3) is 0.346. The second-order valence-electron chi connectivity index (χ2n) is 9.46. The van der Waals surface area contributed by atoms with Crippen LogP contribution in [0.15, 0.2) is 49.1 Å². The molecule has 3 saturated heterocycles. The summed E-state index contributed by atoms with van der Waals surface area (Å²) in [5.74, 6) is 0.810. The van der Waals surface area contributed by atoms with Gasteiger partial charge >= 0.3 is 6.61 Å². The zero-order valence-electron chi connectivity index (χ0n) is 20.1. The first-order chi connectivity index (χ1) is 17.9. The summed E-state index contributed by atoms with van der Waals surface area (Å²) in [6.45, 7) is 0.287.